The Hall–Kier alpha value is -3.38. The van der Waals surface area contributed by atoms with Gasteiger partial charge in [-0.05, 0) is 36.1 Å². The zero-order valence-electron chi connectivity index (χ0n) is 15.2. The number of rotatable bonds is 3. The molecule has 6 nitrogen and oxygen atoms in total. The summed E-state index contributed by atoms with van der Waals surface area (Å²) in [4.78, 5) is 23.0. The van der Waals surface area contributed by atoms with Crippen molar-refractivity contribution in [2.24, 2.45) is 5.73 Å². The van der Waals surface area contributed by atoms with Gasteiger partial charge >= 0.3 is 0 Å². The number of amides is 1. The number of carbonyl (C=O) groups is 1. The molecular weight excluding hydrogens is 376 g/mol. The Bertz CT molecular complexity index is 1150. The van der Waals surface area contributed by atoms with E-state index in [4.69, 9.17) is 17.3 Å². The molecule has 0 bridgehead atoms. The largest absolute Gasteiger partial charge is 0.366 e. The maximum absolute atomic E-state index is 12.8. The molecule has 2 aromatic carbocycles. The minimum atomic E-state index is -0.459. The van der Waals surface area contributed by atoms with Gasteiger partial charge in [0, 0.05) is 17.6 Å². The molecule has 28 heavy (non-hydrogen) atoms. The van der Waals surface area contributed by atoms with E-state index in [0.29, 0.717) is 16.0 Å². The summed E-state index contributed by atoms with van der Waals surface area (Å²) < 4.78 is 1.74. The molecule has 0 aliphatic rings. The molecule has 2 aromatic heterocycles. The SMILES string of the molecule is CCc1cc2cccc(Cl)c2c(=O)n1-c1ccccc1.NC(=O)c1cn[nH]c1. The molecule has 7 heteroatoms. The maximum Gasteiger partial charge on any atom is 0.264 e. The summed E-state index contributed by atoms with van der Waals surface area (Å²) in [6.45, 7) is 2.05. The van der Waals surface area contributed by atoms with Crippen LogP contribution in [0.4, 0.5) is 0 Å². The minimum absolute atomic E-state index is 0.0591. The number of aryl methyl sites for hydroxylation is 1. The summed E-state index contributed by atoms with van der Waals surface area (Å²) in [5.41, 5.74) is 7.06. The highest BCUT2D eigenvalue weighted by Gasteiger charge is 2.11. The molecule has 0 spiro atoms. The monoisotopic (exact) mass is 394 g/mol. The van der Waals surface area contributed by atoms with E-state index in [2.05, 4.69) is 10.2 Å². The number of aromatic nitrogens is 3. The molecule has 2 heterocycles. The van der Waals surface area contributed by atoms with E-state index in [1.807, 2.05) is 55.5 Å². The predicted molar refractivity (Wildman–Crippen MR) is 111 cm³/mol. The number of halogens is 1. The minimum Gasteiger partial charge on any atom is -0.366 e. The Morgan fingerprint density at radius 1 is 1.18 bits per heavy atom. The number of nitrogens with zero attached hydrogens (tertiary/aromatic N) is 2. The molecule has 0 aliphatic heterocycles. The first-order chi connectivity index (χ1) is 13.5. The van der Waals surface area contributed by atoms with Gasteiger partial charge in [0.1, 0.15) is 0 Å². The first kappa shape index (κ1) is 19.4. The molecule has 0 fully saturated rings. The van der Waals surface area contributed by atoms with Crippen LogP contribution in [0.2, 0.25) is 5.02 Å². The molecule has 4 aromatic rings. The third kappa shape index (κ3) is 3.97. The molecule has 0 saturated heterocycles. The van der Waals surface area contributed by atoms with E-state index in [1.54, 1.807) is 10.6 Å². The molecule has 0 radical (unpaired) electrons. The second kappa shape index (κ2) is 8.54. The summed E-state index contributed by atoms with van der Waals surface area (Å²) in [7, 11) is 0. The van der Waals surface area contributed by atoms with E-state index in [1.165, 1.54) is 12.4 Å². The van der Waals surface area contributed by atoms with Crippen molar-refractivity contribution in [2.75, 3.05) is 0 Å². The van der Waals surface area contributed by atoms with Crippen molar-refractivity contribution in [3.05, 3.63) is 93.6 Å². The molecular formula is C21H19ClN4O2. The van der Waals surface area contributed by atoms with E-state index < -0.39 is 5.91 Å². The Labute approximate surface area is 166 Å². The normalized spacial score (nSPS) is 10.4. The lowest BCUT2D eigenvalue weighted by molar-refractivity contribution is 0.100. The first-order valence-electron chi connectivity index (χ1n) is 8.70. The number of pyridine rings is 1. The van der Waals surface area contributed by atoms with Crippen molar-refractivity contribution in [2.45, 2.75) is 13.3 Å². The lowest BCUT2D eigenvalue weighted by atomic mass is 10.1. The molecule has 1 amide bonds. The van der Waals surface area contributed by atoms with Gasteiger partial charge in [-0.2, -0.15) is 5.10 Å². The Balaban J connectivity index is 0.000000236. The number of fused-ring (bicyclic) bond motifs is 1. The van der Waals surface area contributed by atoms with Crippen LogP contribution in [0.15, 0.2) is 71.8 Å². The zero-order valence-corrected chi connectivity index (χ0v) is 16.0. The Morgan fingerprint density at radius 2 is 1.93 bits per heavy atom. The highest BCUT2D eigenvalue weighted by atomic mass is 35.5. The lowest BCUT2D eigenvalue weighted by Gasteiger charge is -2.14. The summed E-state index contributed by atoms with van der Waals surface area (Å²) >= 11 is 6.20. The summed E-state index contributed by atoms with van der Waals surface area (Å²) in [6, 6.07) is 17.3. The van der Waals surface area contributed by atoms with Crippen LogP contribution in [0.3, 0.4) is 0 Å². The number of primary amides is 1. The van der Waals surface area contributed by atoms with Gasteiger partial charge in [0.05, 0.1) is 22.2 Å². The van der Waals surface area contributed by atoms with Crippen LogP contribution in [0.5, 0.6) is 0 Å². The fraction of sp³-hybridized carbons (Fsp3) is 0.0952. The third-order valence-electron chi connectivity index (χ3n) is 4.23. The van der Waals surface area contributed by atoms with Crippen LogP contribution >= 0.6 is 11.6 Å². The number of carbonyl (C=O) groups excluding carboxylic acids is 1. The topological polar surface area (TPSA) is 93.8 Å². The highest BCUT2D eigenvalue weighted by molar-refractivity contribution is 6.35. The van der Waals surface area contributed by atoms with Crippen molar-refractivity contribution >= 4 is 28.3 Å². The van der Waals surface area contributed by atoms with Crippen LogP contribution in [-0.2, 0) is 6.42 Å². The maximum atomic E-state index is 12.8. The van der Waals surface area contributed by atoms with Crippen LogP contribution in [0.25, 0.3) is 16.5 Å². The van der Waals surface area contributed by atoms with Gasteiger partial charge in [-0.3, -0.25) is 19.3 Å². The number of hydrogen-bond acceptors (Lipinski definition) is 3. The number of hydrogen-bond donors (Lipinski definition) is 2. The van der Waals surface area contributed by atoms with E-state index in [0.717, 1.165) is 23.2 Å². The highest BCUT2D eigenvalue weighted by Crippen LogP contribution is 2.22. The van der Waals surface area contributed by atoms with E-state index in [-0.39, 0.29) is 5.56 Å². The van der Waals surface area contributed by atoms with Crippen molar-refractivity contribution in [1.29, 1.82) is 0 Å². The molecule has 4 rings (SSSR count). The molecule has 0 unspecified atom stereocenters. The fourth-order valence-corrected chi connectivity index (χ4v) is 3.14. The van der Waals surface area contributed by atoms with Gasteiger partial charge in [0.25, 0.3) is 11.5 Å². The second-order valence-electron chi connectivity index (χ2n) is 6.02. The molecule has 3 N–H and O–H groups in total. The van der Waals surface area contributed by atoms with Crippen LogP contribution in [0, 0.1) is 0 Å². The second-order valence-corrected chi connectivity index (χ2v) is 6.43. The molecule has 0 saturated carbocycles. The lowest BCUT2D eigenvalue weighted by Crippen LogP contribution is -2.22. The van der Waals surface area contributed by atoms with Gasteiger partial charge < -0.3 is 5.73 Å². The van der Waals surface area contributed by atoms with Gasteiger partial charge in [-0.1, -0.05) is 48.9 Å². The number of aromatic amines is 1. The van der Waals surface area contributed by atoms with Crippen molar-refractivity contribution in [3.8, 4) is 5.69 Å². The fourth-order valence-electron chi connectivity index (χ4n) is 2.88. The molecule has 142 valence electrons. The summed E-state index contributed by atoms with van der Waals surface area (Å²) in [5, 5.41) is 7.95. The number of para-hydroxylation sites is 1. The number of nitrogens with one attached hydrogen (secondary N) is 1. The van der Waals surface area contributed by atoms with Crippen molar-refractivity contribution < 1.29 is 4.79 Å². The van der Waals surface area contributed by atoms with Crippen molar-refractivity contribution in [3.63, 3.8) is 0 Å². The van der Waals surface area contributed by atoms with Crippen LogP contribution in [-0.4, -0.2) is 20.7 Å². The summed E-state index contributed by atoms with van der Waals surface area (Å²) in [5.74, 6) is -0.459. The quantitative estimate of drug-likeness (QED) is 0.554. The molecule has 0 atom stereocenters. The predicted octanol–water partition coefficient (Wildman–Crippen LogP) is 3.72. The smallest absolute Gasteiger partial charge is 0.264 e. The zero-order chi connectivity index (χ0) is 20.1. The Morgan fingerprint density at radius 3 is 2.50 bits per heavy atom. The van der Waals surface area contributed by atoms with Crippen molar-refractivity contribution in [1.82, 2.24) is 14.8 Å². The van der Waals surface area contributed by atoms with E-state index in [9.17, 15) is 9.59 Å². The van der Waals surface area contributed by atoms with Crippen LogP contribution < -0.4 is 11.3 Å². The summed E-state index contributed by atoms with van der Waals surface area (Å²) in [6.07, 6.45) is 3.61. The third-order valence-corrected chi connectivity index (χ3v) is 4.55. The van der Waals surface area contributed by atoms with Gasteiger partial charge in [-0.15, -0.1) is 0 Å². The molecule has 0 aliphatic carbocycles. The number of nitrogens with two attached hydrogens (primary N) is 1. The Kier molecular flexibility index (Phi) is 5.91. The van der Waals surface area contributed by atoms with Gasteiger partial charge in [0.15, 0.2) is 0 Å². The van der Waals surface area contributed by atoms with Crippen LogP contribution in [0.1, 0.15) is 23.0 Å². The first-order valence-corrected chi connectivity index (χ1v) is 9.08. The van der Waals surface area contributed by atoms with E-state index >= 15 is 0 Å². The average molecular weight is 395 g/mol. The van der Waals surface area contributed by atoms with Gasteiger partial charge in [-0.25, -0.2) is 0 Å². The van der Waals surface area contributed by atoms with Gasteiger partial charge in [0.2, 0.25) is 0 Å². The number of H-pyrrole nitrogens is 1. The standard InChI is InChI=1S/C17H14ClNO.C4H5N3O/c1-2-13-11-12-7-6-10-15(18)16(12)17(20)19(13)14-8-4-3-5-9-14;5-4(8)3-1-6-7-2-3/h3-11H,2H2,1H3;1-2H,(H2,5,8)(H,6,7). The number of benzene rings is 2. The average Bonchev–Trinajstić information content (AvgIpc) is 3.24.